The normalized spacial score (nSPS) is 23.7. The van der Waals surface area contributed by atoms with Crippen LogP contribution in [-0.4, -0.2) is 29.4 Å². The fourth-order valence-corrected chi connectivity index (χ4v) is 6.17. The van der Waals surface area contributed by atoms with E-state index < -0.39 is 46.6 Å². The SMILES string of the molecule is CC(=O)[C@@H]1[C@@H](c2ccccc2F)C2(C(=O)c3ccccc3C2=O)[C@H]2C=Cc3cc(F)ccc3N12. The highest BCUT2D eigenvalue weighted by atomic mass is 19.1. The number of benzene rings is 3. The van der Waals surface area contributed by atoms with Crippen LogP contribution in [0.1, 0.15) is 44.7 Å². The molecule has 3 aliphatic rings. The molecule has 3 aromatic carbocycles. The van der Waals surface area contributed by atoms with Crippen LogP contribution in [0, 0.1) is 17.0 Å². The monoisotopic (exact) mass is 455 g/mol. The largest absolute Gasteiger partial charge is 0.352 e. The van der Waals surface area contributed by atoms with E-state index in [1.54, 1.807) is 53.5 Å². The third-order valence-corrected chi connectivity index (χ3v) is 7.42. The average Bonchev–Trinajstić information content (AvgIpc) is 3.26. The van der Waals surface area contributed by atoms with Gasteiger partial charge in [-0.3, -0.25) is 14.4 Å². The fraction of sp³-hybridized carbons (Fsp3) is 0.179. The van der Waals surface area contributed by atoms with Crippen LogP contribution in [0.3, 0.4) is 0 Å². The van der Waals surface area contributed by atoms with Gasteiger partial charge >= 0.3 is 0 Å². The highest BCUT2D eigenvalue weighted by Gasteiger charge is 2.71. The fourth-order valence-electron chi connectivity index (χ4n) is 6.17. The first-order chi connectivity index (χ1) is 16.4. The van der Waals surface area contributed by atoms with Crippen molar-refractivity contribution >= 4 is 29.1 Å². The van der Waals surface area contributed by atoms with Gasteiger partial charge in [0.1, 0.15) is 17.0 Å². The lowest BCUT2D eigenvalue weighted by Crippen LogP contribution is -2.48. The first-order valence-electron chi connectivity index (χ1n) is 11.1. The van der Waals surface area contributed by atoms with Gasteiger partial charge in [0.25, 0.3) is 0 Å². The third-order valence-electron chi connectivity index (χ3n) is 7.42. The second kappa shape index (κ2) is 7.03. The molecule has 0 N–H and O–H groups in total. The first-order valence-corrected chi connectivity index (χ1v) is 11.1. The number of hydrogen-bond acceptors (Lipinski definition) is 4. The molecule has 34 heavy (non-hydrogen) atoms. The number of halogens is 2. The van der Waals surface area contributed by atoms with E-state index in [9.17, 15) is 18.8 Å². The van der Waals surface area contributed by atoms with Gasteiger partial charge in [-0.2, -0.15) is 0 Å². The van der Waals surface area contributed by atoms with Crippen LogP contribution < -0.4 is 4.90 Å². The summed E-state index contributed by atoms with van der Waals surface area (Å²) >= 11 is 0. The second-order valence-corrected chi connectivity index (χ2v) is 9.04. The van der Waals surface area contributed by atoms with Crippen molar-refractivity contribution < 1.29 is 23.2 Å². The molecule has 168 valence electrons. The highest BCUT2D eigenvalue weighted by Crippen LogP contribution is 2.60. The number of carbonyl (C=O) groups excluding carboxylic acids is 3. The lowest BCUT2D eigenvalue weighted by molar-refractivity contribution is -0.118. The Kier molecular flexibility index (Phi) is 4.27. The van der Waals surface area contributed by atoms with E-state index in [1.807, 2.05) is 0 Å². The minimum absolute atomic E-state index is 0.142. The molecule has 1 fully saturated rings. The quantitative estimate of drug-likeness (QED) is 0.511. The molecule has 6 rings (SSSR count). The number of Topliss-reactive ketones (excluding diaryl/α,β-unsaturated/α-hetero) is 3. The second-order valence-electron chi connectivity index (χ2n) is 9.04. The zero-order valence-corrected chi connectivity index (χ0v) is 18.2. The van der Waals surface area contributed by atoms with Crippen LogP contribution in [0.15, 0.2) is 72.8 Å². The van der Waals surface area contributed by atoms with Crippen LogP contribution in [0.25, 0.3) is 6.08 Å². The molecule has 1 saturated heterocycles. The minimum Gasteiger partial charge on any atom is -0.352 e. The molecule has 3 atom stereocenters. The molecule has 1 spiro atoms. The molecule has 0 unspecified atom stereocenters. The van der Waals surface area contributed by atoms with Crippen molar-refractivity contribution in [2.24, 2.45) is 5.41 Å². The smallest absolute Gasteiger partial charge is 0.180 e. The van der Waals surface area contributed by atoms with Crippen molar-refractivity contribution in [2.75, 3.05) is 4.90 Å². The van der Waals surface area contributed by atoms with Crippen LogP contribution in [0.4, 0.5) is 14.5 Å². The van der Waals surface area contributed by atoms with Gasteiger partial charge in [-0.1, -0.05) is 54.6 Å². The summed E-state index contributed by atoms with van der Waals surface area (Å²) in [7, 11) is 0. The van der Waals surface area contributed by atoms with Crippen molar-refractivity contribution in [3.05, 3.63) is 107 Å². The lowest BCUT2D eigenvalue weighted by Gasteiger charge is -2.37. The predicted molar refractivity (Wildman–Crippen MR) is 123 cm³/mol. The van der Waals surface area contributed by atoms with Crippen molar-refractivity contribution in [3.63, 3.8) is 0 Å². The zero-order valence-electron chi connectivity index (χ0n) is 18.2. The van der Waals surface area contributed by atoms with Gasteiger partial charge in [-0.05, 0) is 36.8 Å². The standard InChI is InChI=1S/C28H19F2NO3/c1-15(32)25-24(20-8-4-5-9-21(20)30)28(26(33)18-6-2-3-7-19(18)27(28)34)23-13-10-16-14-17(29)11-12-22(16)31(23)25/h2-14,23-25H,1H3/t23-,24-,25-/m1/s1. The number of nitrogens with zero attached hydrogens (tertiary/aromatic N) is 1. The number of anilines is 1. The molecule has 0 aromatic heterocycles. The van der Waals surface area contributed by atoms with E-state index in [4.69, 9.17) is 0 Å². The van der Waals surface area contributed by atoms with Gasteiger partial charge in [0, 0.05) is 28.3 Å². The maximum absolute atomic E-state index is 15.3. The summed E-state index contributed by atoms with van der Waals surface area (Å²) in [5.41, 5.74) is 0.0208. The Labute approximate surface area is 194 Å². The summed E-state index contributed by atoms with van der Waals surface area (Å²) in [5.74, 6) is -3.24. The number of ketones is 3. The molecule has 2 heterocycles. The molecule has 6 heteroatoms. The van der Waals surface area contributed by atoms with Gasteiger partial charge in [-0.15, -0.1) is 0 Å². The van der Waals surface area contributed by atoms with Crippen LogP contribution in [0.5, 0.6) is 0 Å². The van der Waals surface area contributed by atoms with Gasteiger partial charge < -0.3 is 4.90 Å². The van der Waals surface area contributed by atoms with E-state index in [0.717, 1.165) is 0 Å². The van der Waals surface area contributed by atoms with Crippen molar-refractivity contribution in [1.29, 1.82) is 0 Å². The lowest BCUT2D eigenvalue weighted by atomic mass is 9.64. The van der Waals surface area contributed by atoms with Crippen molar-refractivity contribution in [1.82, 2.24) is 0 Å². The summed E-state index contributed by atoms with van der Waals surface area (Å²) in [6.07, 6.45) is 3.35. The summed E-state index contributed by atoms with van der Waals surface area (Å²) in [5, 5.41) is 0. The molecule has 0 radical (unpaired) electrons. The Bertz CT molecular complexity index is 1410. The van der Waals surface area contributed by atoms with E-state index in [1.165, 1.54) is 37.3 Å². The molecule has 4 nitrogen and oxygen atoms in total. The molecular weight excluding hydrogens is 436 g/mol. The Hall–Kier alpha value is -3.93. The number of rotatable bonds is 2. The average molecular weight is 455 g/mol. The topological polar surface area (TPSA) is 54.5 Å². The summed E-state index contributed by atoms with van der Waals surface area (Å²) in [6, 6.07) is 14.9. The maximum Gasteiger partial charge on any atom is 0.180 e. The van der Waals surface area contributed by atoms with Crippen LogP contribution in [0.2, 0.25) is 0 Å². The molecule has 2 aliphatic heterocycles. The Balaban J connectivity index is 1.70. The predicted octanol–water partition coefficient (Wildman–Crippen LogP) is 4.99. The number of hydrogen-bond donors (Lipinski definition) is 0. The Morgan fingerprint density at radius 1 is 0.912 bits per heavy atom. The summed E-state index contributed by atoms with van der Waals surface area (Å²) in [4.78, 5) is 43.2. The van der Waals surface area contributed by atoms with Gasteiger partial charge in [0.05, 0.1) is 12.1 Å². The van der Waals surface area contributed by atoms with Gasteiger partial charge in [-0.25, -0.2) is 8.78 Å². The van der Waals surface area contributed by atoms with Crippen molar-refractivity contribution in [3.8, 4) is 0 Å². The van der Waals surface area contributed by atoms with E-state index in [2.05, 4.69) is 0 Å². The van der Waals surface area contributed by atoms with Crippen molar-refractivity contribution in [2.45, 2.75) is 24.9 Å². The van der Waals surface area contributed by atoms with Crippen LogP contribution >= 0.6 is 0 Å². The zero-order chi connectivity index (χ0) is 23.8. The Morgan fingerprint density at radius 2 is 1.56 bits per heavy atom. The summed E-state index contributed by atoms with van der Waals surface area (Å²) < 4.78 is 29.3. The maximum atomic E-state index is 15.3. The minimum atomic E-state index is -1.73. The van der Waals surface area contributed by atoms with E-state index >= 15 is 4.39 Å². The molecular formula is C28H19F2NO3. The number of fused-ring (bicyclic) bond motifs is 5. The first kappa shape index (κ1) is 20.7. The summed E-state index contributed by atoms with van der Waals surface area (Å²) in [6.45, 7) is 1.38. The molecule has 0 bridgehead atoms. The molecule has 0 amide bonds. The molecule has 1 aliphatic carbocycles. The molecule has 0 saturated carbocycles. The highest BCUT2D eigenvalue weighted by molar-refractivity contribution is 6.32. The number of carbonyl (C=O) groups is 3. The van der Waals surface area contributed by atoms with E-state index in [-0.39, 0.29) is 22.5 Å². The molecule has 3 aromatic rings. The van der Waals surface area contributed by atoms with Gasteiger partial charge in [0.15, 0.2) is 17.3 Å². The third kappa shape index (κ3) is 2.43. The van der Waals surface area contributed by atoms with E-state index in [0.29, 0.717) is 11.3 Å². The van der Waals surface area contributed by atoms with Crippen LogP contribution in [-0.2, 0) is 4.79 Å². The van der Waals surface area contributed by atoms with Gasteiger partial charge in [0.2, 0.25) is 0 Å². The Morgan fingerprint density at radius 3 is 2.21 bits per heavy atom.